The lowest BCUT2D eigenvalue weighted by Crippen LogP contribution is -2.60. The average molecular weight is 243 g/mol. The first-order valence-electron chi connectivity index (χ1n) is 6.49. The molecule has 0 aromatic rings. The van der Waals surface area contributed by atoms with Gasteiger partial charge < -0.3 is 14.8 Å². The molecule has 1 aliphatic heterocycles. The highest BCUT2D eigenvalue weighted by Crippen LogP contribution is 2.35. The number of carbonyl (C=O) groups is 1. The monoisotopic (exact) mass is 243 g/mol. The van der Waals surface area contributed by atoms with Crippen molar-refractivity contribution in [2.45, 2.75) is 57.6 Å². The summed E-state index contributed by atoms with van der Waals surface area (Å²) >= 11 is 0. The SMILES string of the molecule is CCCNC1(C(=O)OC)CCOC(C)(CC)C1. The van der Waals surface area contributed by atoms with Crippen LogP contribution in [0, 0.1) is 0 Å². The number of esters is 1. The molecule has 2 unspecified atom stereocenters. The Hall–Kier alpha value is -0.610. The Bertz CT molecular complexity index is 269. The van der Waals surface area contributed by atoms with Crippen LogP contribution in [-0.2, 0) is 14.3 Å². The molecule has 2 atom stereocenters. The smallest absolute Gasteiger partial charge is 0.326 e. The van der Waals surface area contributed by atoms with Crippen molar-refractivity contribution in [3.63, 3.8) is 0 Å². The molecule has 0 aromatic carbocycles. The molecule has 1 heterocycles. The van der Waals surface area contributed by atoms with Gasteiger partial charge in [-0.2, -0.15) is 0 Å². The van der Waals surface area contributed by atoms with Crippen molar-refractivity contribution in [1.82, 2.24) is 5.32 Å². The van der Waals surface area contributed by atoms with E-state index in [1.165, 1.54) is 7.11 Å². The molecule has 0 radical (unpaired) electrons. The predicted molar refractivity (Wildman–Crippen MR) is 66.9 cm³/mol. The topological polar surface area (TPSA) is 47.6 Å². The van der Waals surface area contributed by atoms with E-state index in [-0.39, 0.29) is 11.6 Å². The zero-order valence-corrected chi connectivity index (χ0v) is 11.5. The molecule has 100 valence electrons. The van der Waals surface area contributed by atoms with E-state index in [1.54, 1.807) is 0 Å². The molecular weight excluding hydrogens is 218 g/mol. The third kappa shape index (κ3) is 3.19. The number of methoxy groups -OCH3 is 1. The lowest BCUT2D eigenvalue weighted by molar-refractivity contribution is -0.163. The molecule has 17 heavy (non-hydrogen) atoms. The summed E-state index contributed by atoms with van der Waals surface area (Å²) in [4.78, 5) is 12.1. The van der Waals surface area contributed by atoms with E-state index in [9.17, 15) is 4.79 Å². The Morgan fingerprint density at radius 2 is 2.18 bits per heavy atom. The zero-order chi connectivity index (χ0) is 12.9. The summed E-state index contributed by atoms with van der Waals surface area (Å²) in [5, 5.41) is 3.37. The highest BCUT2D eigenvalue weighted by Gasteiger charge is 2.47. The van der Waals surface area contributed by atoms with E-state index >= 15 is 0 Å². The fourth-order valence-corrected chi connectivity index (χ4v) is 2.43. The Kier molecular flexibility index (Phi) is 4.95. The first-order valence-corrected chi connectivity index (χ1v) is 6.49. The van der Waals surface area contributed by atoms with Crippen molar-refractivity contribution in [2.75, 3.05) is 20.3 Å². The van der Waals surface area contributed by atoms with Gasteiger partial charge in [0.15, 0.2) is 0 Å². The second kappa shape index (κ2) is 5.83. The van der Waals surface area contributed by atoms with E-state index in [4.69, 9.17) is 9.47 Å². The summed E-state index contributed by atoms with van der Waals surface area (Å²) in [6, 6.07) is 0. The molecule has 0 spiro atoms. The number of hydrogen-bond donors (Lipinski definition) is 1. The van der Waals surface area contributed by atoms with Crippen LogP contribution < -0.4 is 5.32 Å². The first kappa shape index (κ1) is 14.5. The van der Waals surface area contributed by atoms with Crippen LogP contribution in [0.15, 0.2) is 0 Å². The normalized spacial score (nSPS) is 33.4. The van der Waals surface area contributed by atoms with Gasteiger partial charge in [-0.3, -0.25) is 4.79 Å². The molecule has 1 N–H and O–H groups in total. The van der Waals surface area contributed by atoms with E-state index < -0.39 is 5.54 Å². The maximum Gasteiger partial charge on any atom is 0.326 e. The Balaban J connectivity index is 2.85. The maximum absolute atomic E-state index is 12.1. The quantitative estimate of drug-likeness (QED) is 0.749. The molecule has 4 heteroatoms. The molecular formula is C13H25NO3. The largest absolute Gasteiger partial charge is 0.468 e. The summed E-state index contributed by atoms with van der Waals surface area (Å²) in [5.41, 5.74) is -0.791. The van der Waals surface area contributed by atoms with Crippen molar-refractivity contribution in [1.29, 1.82) is 0 Å². The van der Waals surface area contributed by atoms with Crippen molar-refractivity contribution >= 4 is 5.97 Å². The zero-order valence-electron chi connectivity index (χ0n) is 11.5. The highest BCUT2D eigenvalue weighted by atomic mass is 16.5. The van der Waals surface area contributed by atoms with Crippen LogP contribution in [-0.4, -0.2) is 37.4 Å². The van der Waals surface area contributed by atoms with E-state index in [0.717, 1.165) is 19.4 Å². The van der Waals surface area contributed by atoms with Crippen LogP contribution in [0.5, 0.6) is 0 Å². The van der Waals surface area contributed by atoms with E-state index in [1.807, 2.05) is 0 Å². The van der Waals surface area contributed by atoms with Gasteiger partial charge in [-0.15, -0.1) is 0 Å². The van der Waals surface area contributed by atoms with Crippen LogP contribution in [0.1, 0.15) is 46.5 Å². The third-order valence-electron chi connectivity index (χ3n) is 3.69. The van der Waals surface area contributed by atoms with Gasteiger partial charge in [0.1, 0.15) is 5.54 Å². The highest BCUT2D eigenvalue weighted by molar-refractivity contribution is 5.81. The molecule has 0 aromatic heterocycles. The summed E-state index contributed by atoms with van der Waals surface area (Å²) in [7, 11) is 1.45. The minimum absolute atomic E-state index is 0.158. The number of carbonyl (C=O) groups excluding carboxylic acids is 1. The van der Waals surface area contributed by atoms with Gasteiger partial charge >= 0.3 is 5.97 Å². The molecule has 0 saturated carbocycles. The molecule has 1 saturated heterocycles. The lowest BCUT2D eigenvalue weighted by atomic mass is 9.79. The van der Waals surface area contributed by atoms with Crippen LogP contribution in [0.25, 0.3) is 0 Å². The van der Waals surface area contributed by atoms with Crippen molar-refractivity contribution in [3.05, 3.63) is 0 Å². The van der Waals surface area contributed by atoms with Crippen LogP contribution >= 0.6 is 0 Å². The first-order chi connectivity index (χ1) is 8.02. The Morgan fingerprint density at radius 3 is 2.71 bits per heavy atom. The minimum Gasteiger partial charge on any atom is -0.468 e. The van der Waals surface area contributed by atoms with Crippen molar-refractivity contribution in [3.8, 4) is 0 Å². The summed E-state index contributed by atoms with van der Waals surface area (Å²) in [6.45, 7) is 7.69. The third-order valence-corrected chi connectivity index (χ3v) is 3.69. The maximum atomic E-state index is 12.1. The summed E-state index contributed by atoms with van der Waals surface area (Å²) in [6.07, 6.45) is 3.28. The standard InChI is InChI=1S/C13H25NO3/c1-5-8-14-13(11(15)16-4)7-9-17-12(3,6-2)10-13/h14H,5-10H2,1-4H3. The van der Waals surface area contributed by atoms with Gasteiger partial charge in [0, 0.05) is 13.0 Å². The van der Waals surface area contributed by atoms with Crippen LogP contribution in [0.4, 0.5) is 0 Å². The van der Waals surface area contributed by atoms with Gasteiger partial charge in [0.05, 0.1) is 12.7 Å². The Labute approximate surface area is 104 Å². The second-order valence-corrected chi connectivity index (χ2v) is 5.08. The fraction of sp³-hybridized carbons (Fsp3) is 0.923. The van der Waals surface area contributed by atoms with Gasteiger partial charge in [-0.25, -0.2) is 0 Å². The van der Waals surface area contributed by atoms with Gasteiger partial charge in [0.25, 0.3) is 0 Å². The van der Waals surface area contributed by atoms with Crippen molar-refractivity contribution in [2.24, 2.45) is 0 Å². The van der Waals surface area contributed by atoms with E-state index in [2.05, 4.69) is 26.1 Å². The van der Waals surface area contributed by atoms with Crippen molar-refractivity contribution < 1.29 is 14.3 Å². The summed E-state index contributed by atoms with van der Waals surface area (Å²) in [5.74, 6) is -0.158. The molecule has 1 aliphatic rings. The number of ether oxygens (including phenoxy) is 2. The number of rotatable bonds is 5. The second-order valence-electron chi connectivity index (χ2n) is 5.08. The number of nitrogens with one attached hydrogen (secondary N) is 1. The number of hydrogen-bond acceptors (Lipinski definition) is 4. The lowest BCUT2D eigenvalue weighted by Gasteiger charge is -2.44. The van der Waals surface area contributed by atoms with Gasteiger partial charge in [-0.05, 0) is 32.7 Å². The Morgan fingerprint density at radius 1 is 1.47 bits per heavy atom. The van der Waals surface area contributed by atoms with E-state index in [0.29, 0.717) is 19.4 Å². The van der Waals surface area contributed by atoms with Crippen LogP contribution in [0.3, 0.4) is 0 Å². The molecule has 0 aliphatic carbocycles. The van der Waals surface area contributed by atoms with Gasteiger partial charge in [0.2, 0.25) is 0 Å². The minimum atomic E-state index is -0.562. The van der Waals surface area contributed by atoms with Crippen LogP contribution in [0.2, 0.25) is 0 Å². The predicted octanol–water partition coefficient (Wildman–Crippen LogP) is 1.88. The summed E-state index contributed by atoms with van der Waals surface area (Å²) < 4.78 is 10.8. The molecule has 0 bridgehead atoms. The molecule has 0 amide bonds. The molecule has 1 rings (SSSR count). The van der Waals surface area contributed by atoms with Gasteiger partial charge in [-0.1, -0.05) is 13.8 Å². The molecule has 4 nitrogen and oxygen atoms in total. The molecule has 1 fully saturated rings. The average Bonchev–Trinajstić information content (AvgIpc) is 2.35. The fourth-order valence-electron chi connectivity index (χ4n) is 2.43.